The lowest BCUT2D eigenvalue weighted by Crippen LogP contribution is -2.28. The molecule has 2 heterocycles. The van der Waals surface area contributed by atoms with E-state index < -0.39 is 11.6 Å². The fraction of sp³-hybridized carbons (Fsp3) is 0.304. The van der Waals surface area contributed by atoms with Crippen molar-refractivity contribution in [1.29, 1.82) is 0 Å². The number of likely N-dealkylation sites (N-methyl/N-ethyl adjacent to an activating group) is 1. The number of H-pyrrole nitrogens is 1. The van der Waals surface area contributed by atoms with E-state index in [9.17, 15) is 14.4 Å². The van der Waals surface area contributed by atoms with Gasteiger partial charge in [-0.1, -0.05) is 6.08 Å². The summed E-state index contributed by atoms with van der Waals surface area (Å²) in [5.74, 6) is -1.22. The van der Waals surface area contributed by atoms with Crippen molar-refractivity contribution in [2.75, 3.05) is 34.2 Å². The van der Waals surface area contributed by atoms with Crippen molar-refractivity contribution in [3.05, 3.63) is 63.7 Å². The molecule has 30 heavy (non-hydrogen) atoms. The molecule has 7 nitrogen and oxygen atoms in total. The van der Waals surface area contributed by atoms with Gasteiger partial charge in [0.25, 0.3) is 0 Å². The highest BCUT2D eigenvalue weighted by atomic mass is 16.2. The van der Waals surface area contributed by atoms with Crippen molar-refractivity contribution in [3.8, 4) is 0 Å². The van der Waals surface area contributed by atoms with Crippen molar-refractivity contribution in [3.63, 3.8) is 0 Å². The second-order valence-corrected chi connectivity index (χ2v) is 7.81. The quantitative estimate of drug-likeness (QED) is 0.674. The van der Waals surface area contributed by atoms with E-state index in [0.717, 1.165) is 11.1 Å². The largest absolute Gasteiger partial charge is 0.361 e. The lowest BCUT2D eigenvalue weighted by Gasteiger charge is -2.17. The molecule has 0 radical (unpaired) electrons. The average molecular weight is 404 g/mol. The Kier molecular flexibility index (Phi) is 5.32. The van der Waals surface area contributed by atoms with Gasteiger partial charge in [0.05, 0.1) is 33.8 Å². The normalized spacial score (nSPS) is 18.0. The summed E-state index contributed by atoms with van der Waals surface area (Å²) < 4.78 is 0. The van der Waals surface area contributed by atoms with Crippen molar-refractivity contribution in [2.24, 2.45) is 4.99 Å². The van der Waals surface area contributed by atoms with Crippen molar-refractivity contribution >= 4 is 29.1 Å². The number of aromatic nitrogens is 1. The first-order valence-electron chi connectivity index (χ1n) is 9.98. The minimum Gasteiger partial charge on any atom is -0.361 e. The van der Waals surface area contributed by atoms with Crippen LogP contribution in [0, 0.1) is 0 Å². The molecule has 2 aliphatic carbocycles. The number of nitrogens with one attached hydrogen (secondary N) is 2. The molecule has 0 unspecified atom stereocenters. The molecule has 0 atom stereocenters. The lowest BCUT2D eigenvalue weighted by molar-refractivity contribution is -0.112. The van der Waals surface area contributed by atoms with Gasteiger partial charge >= 0.3 is 0 Å². The molecule has 2 N–H and O–H groups in total. The molecule has 0 aromatic carbocycles. The van der Waals surface area contributed by atoms with Crippen LogP contribution in [0.3, 0.4) is 0 Å². The summed E-state index contributed by atoms with van der Waals surface area (Å²) in [4.78, 5) is 48.4. The Hall–Kier alpha value is -3.16. The van der Waals surface area contributed by atoms with E-state index in [0.29, 0.717) is 54.2 Å². The molecule has 1 aromatic rings. The topological polar surface area (TPSA) is 94.6 Å². The van der Waals surface area contributed by atoms with E-state index in [-0.39, 0.29) is 11.4 Å². The number of hydrogen-bond acceptors (Lipinski definition) is 6. The second kappa shape index (κ2) is 7.93. The minimum atomic E-state index is -0.575. The average Bonchev–Trinajstić information content (AvgIpc) is 3.29. The number of aromatic amines is 1. The summed E-state index contributed by atoms with van der Waals surface area (Å²) in [7, 11) is 5.74. The number of allylic oxidation sites excluding steroid dienone is 5. The van der Waals surface area contributed by atoms with Crippen molar-refractivity contribution in [2.45, 2.75) is 12.8 Å². The molecule has 0 bridgehead atoms. The first-order valence-corrected chi connectivity index (χ1v) is 9.98. The van der Waals surface area contributed by atoms with E-state index in [4.69, 9.17) is 0 Å². The highest BCUT2D eigenvalue weighted by molar-refractivity contribution is 6.59. The number of rotatable bonds is 7. The summed E-state index contributed by atoms with van der Waals surface area (Å²) in [6.45, 7) is 1.40. The van der Waals surface area contributed by atoms with Crippen LogP contribution in [-0.2, 0) is 16.0 Å². The Morgan fingerprint density at radius 1 is 1.13 bits per heavy atom. The Bertz CT molecular complexity index is 1110. The zero-order chi connectivity index (χ0) is 21.4. The monoisotopic (exact) mass is 404 g/mol. The van der Waals surface area contributed by atoms with Gasteiger partial charge in [-0.25, -0.2) is 4.99 Å². The number of aliphatic imine (C=N–C) groups is 1. The number of ketones is 3. The van der Waals surface area contributed by atoms with E-state index in [1.54, 1.807) is 24.4 Å². The molecule has 7 heteroatoms. The predicted molar refractivity (Wildman–Crippen MR) is 116 cm³/mol. The van der Waals surface area contributed by atoms with Crippen LogP contribution in [0.4, 0.5) is 0 Å². The molecule has 1 aliphatic heterocycles. The third-order valence-electron chi connectivity index (χ3n) is 5.49. The fourth-order valence-electron chi connectivity index (χ4n) is 3.97. The van der Waals surface area contributed by atoms with Gasteiger partial charge in [-0.3, -0.25) is 14.4 Å². The van der Waals surface area contributed by atoms with Crippen LogP contribution in [0.2, 0.25) is 0 Å². The van der Waals surface area contributed by atoms with Gasteiger partial charge in [0, 0.05) is 12.7 Å². The van der Waals surface area contributed by atoms with Crippen LogP contribution in [0.25, 0.3) is 6.08 Å². The smallest absolute Gasteiger partial charge is 0.236 e. The zero-order valence-electron chi connectivity index (χ0n) is 17.3. The molecular formula is C23H24N4O3. The number of fused-ring (bicyclic) bond motifs is 2. The van der Waals surface area contributed by atoms with Crippen LogP contribution < -0.4 is 5.32 Å². The van der Waals surface area contributed by atoms with E-state index >= 15 is 0 Å². The van der Waals surface area contributed by atoms with Crippen LogP contribution in [0.5, 0.6) is 0 Å². The van der Waals surface area contributed by atoms with Crippen molar-refractivity contribution < 1.29 is 14.4 Å². The van der Waals surface area contributed by atoms with Crippen LogP contribution in [0.1, 0.15) is 28.0 Å². The third kappa shape index (κ3) is 3.36. The SMILES string of the molecule is CNCCc1c[nH]c2c1C(=O)C(=O)C(C1=NC3=CC=CC(=O)C3=C1CCN(C)C)=C2. The molecule has 0 spiro atoms. The van der Waals surface area contributed by atoms with Gasteiger partial charge in [-0.15, -0.1) is 0 Å². The first-order chi connectivity index (χ1) is 14.4. The van der Waals surface area contributed by atoms with Crippen LogP contribution in [0.15, 0.2) is 51.8 Å². The highest BCUT2D eigenvalue weighted by Gasteiger charge is 2.38. The van der Waals surface area contributed by atoms with E-state index in [1.165, 1.54) is 6.08 Å². The molecule has 0 saturated heterocycles. The van der Waals surface area contributed by atoms with Crippen LogP contribution in [-0.4, -0.2) is 67.2 Å². The molecule has 4 rings (SSSR count). The Balaban J connectivity index is 1.79. The molecule has 0 fully saturated rings. The maximum Gasteiger partial charge on any atom is 0.236 e. The fourth-order valence-corrected chi connectivity index (χ4v) is 3.97. The summed E-state index contributed by atoms with van der Waals surface area (Å²) in [5.41, 5.74) is 4.37. The third-order valence-corrected chi connectivity index (χ3v) is 5.49. The maximum atomic E-state index is 13.1. The Morgan fingerprint density at radius 3 is 2.67 bits per heavy atom. The van der Waals surface area contributed by atoms with Crippen LogP contribution >= 0.6 is 0 Å². The van der Waals surface area contributed by atoms with E-state index in [2.05, 4.69) is 15.3 Å². The molecule has 0 saturated carbocycles. The number of carbonyl (C=O) groups is 3. The number of carbonyl (C=O) groups excluding carboxylic acids is 3. The van der Waals surface area contributed by atoms with E-state index in [1.807, 2.05) is 26.0 Å². The number of hydrogen-bond donors (Lipinski definition) is 2. The molecule has 3 aliphatic rings. The zero-order valence-corrected chi connectivity index (χ0v) is 17.3. The maximum absolute atomic E-state index is 13.1. The van der Waals surface area contributed by atoms with Gasteiger partial charge < -0.3 is 15.2 Å². The minimum absolute atomic E-state index is 0.120. The highest BCUT2D eigenvalue weighted by Crippen LogP contribution is 2.36. The van der Waals surface area contributed by atoms with Gasteiger partial charge in [-0.05, 0) is 69.9 Å². The number of nitrogens with zero attached hydrogens (tertiary/aromatic N) is 2. The Labute approximate surface area is 174 Å². The molecule has 154 valence electrons. The summed E-state index contributed by atoms with van der Waals surface area (Å²) in [6, 6.07) is 0. The number of Topliss-reactive ketones (excluding diaryl/α,β-unsaturated/α-hetero) is 2. The summed E-state index contributed by atoms with van der Waals surface area (Å²) >= 11 is 0. The molecule has 0 amide bonds. The standard InChI is InChI=1S/C23H24N4O3/c1-24-9-7-13-12-25-17-11-15(22(29)23(30)19(13)17)21-14(8-10-27(2)3)20-16(26-21)5-4-6-18(20)28/h4-6,11-12,24-25H,7-10H2,1-3H3. The molecule has 1 aromatic heterocycles. The van der Waals surface area contributed by atoms with Gasteiger partial charge in [0.15, 0.2) is 5.78 Å². The molecular weight excluding hydrogens is 380 g/mol. The summed E-state index contributed by atoms with van der Waals surface area (Å²) in [5, 5.41) is 3.06. The second-order valence-electron chi connectivity index (χ2n) is 7.81. The van der Waals surface area contributed by atoms with Gasteiger partial charge in [0.1, 0.15) is 0 Å². The van der Waals surface area contributed by atoms with Gasteiger partial charge in [0.2, 0.25) is 11.6 Å². The summed E-state index contributed by atoms with van der Waals surface area (Å²) in [6.07, 6.45) is 9.63. The van der Waals surface area contributed by atoms with Gasteiger partial charge in [-0.2, -0.15) is 0 Å². The predicted octanol–water partition coefficient (Wildman–Crippen LogP) is 1.65. The van der Waals surface area contributed by atoms with Crippen molar-refractivity contribution in [1.82, 2.24) is 15.2 Å². The lowest BCUT2D eigenvalue weighted by atomic mass is 9.85. The first kappa shape index (κ1) is 20.1. The Morgan fingerprint density at radius 2 is 1.93 bits per heavy atom.